The molecule has 0 aliphatic heterocycles. The predicted molar refractivity (Wildman–Crippen MR) is 109 cm³/mol. The lowest BCUT2D eigenvalue weighted by atomic mass is 9.97. The molecule has 0 amide bonds. The molecule has 1 aromatic heterocycles. The third-order valence-corrected chi connectivity index (χ3v) is 5.67. The first-order valence-electron chi connectivity index (χ1n) is 9.32. The third kappa shape index (κ3) is 2.90. The average Bonchev–Trinajstić information content (AvgIpc) is 3.18. The lowest BCUT2D eigenvalue weighted by Gasteiger charge is -2.07. The van der Waals surface area contributed by atoms with Gasteiger partial charge in [-0.25, -0.2) is 0 Å². The van der Waals surface area contributed by atoms with Gasteiger partial charge in [-0.2, -0.15) is 0 Å². The van der Waals surface area contributed by atoms with Crippen molar-refractivity contribution in [2.24, 2.45) is 5.92 Å². The molecular weight excluding hydrogens is 318 g/mol. The highest BCUT2D eigenvalue weighted by molar-refractivity contribution is 6.00. The van der Waals surface area contributed by atoms with E-state index < -0.39 is 0 Å². The van der Waals surface area contributed by atoms with Crippen LogP contribution in [-0.2, 0) is 12.8 Å². The Hall–Kier alpha value is -2.61. The maximum Gasteiger partial charge on any atom is 0.179 e. The van der Waals surface area contributed by atoms with Gasteiger partial charge in [0.15, 0.2) is 5.78 Å². The molecule has 2 nitrogen and oxygen atoms in total. The Morgan fingerprint density at radius 1 is 1.12 bits per heavy atom. The van der Waals surface area contributed by atoms with Crippen molar-refractivity contribution in [3.05, 3.63) is 76.0 Å². The molecule has 1 aliphatic carbocycles. The van der Waals surface area contributed by atoms with Gasteiger partial charge in [0.1, 0.15) is 0 Å². The Balaban J connectivity index is 1.56. The maximum absolute atomic E-state index is 12.9. The number of benzene rings is 2. The van der Waals surface area contributed by atoms with Gasteiger partial charge in [-0.15, -0.1) is 0 Å². The summed E-state index contributed by atoms with van der Waals surface area (Å²) in [6.07, 6.45) is 4.49. The van der Waals surface area contributed by atoms with Crippen LogP contribution in [0.3, 0.4) is 0 Å². The van der Waals surface area contributed by atoms with E-state index in [0.29, 0.717) is 12.3 Å². The molecule has 4 rings (SSSR count). The van der Waals surface area contributed by atoms with Gasteiger partial charge >= 0.3 is 0 Å². The fourth-order valence-electron chi connectivity index (χ4n) is 4.47. The molecule has 2 heteroatoms. The Morgan fingerprint density at radius 2 is 1.92 bits per heavy atom. The number of nitrogens with one attached hydrogen (secondary N) is 1. The number of hydrogen-bond donors (Lipinski definition) is 1. The molecule has 0 saturated carbocycles. The summed E-state index contributed by atoms with van der Waals surface area (Å²) in [5.41, 5.74) is 9.60. The van der Waals surface area contributed by atoms with Crippen molar-refractivity contribution in [3.8, 4) is 0 Å². The summed E-state index contributed by atoms with van der Waals surface area (Å²) in [7, 11) is 0. The number of carbonyl (C=O) groups excluding carboxylic acids is 1. The van der Waals surface area contributed by atoms with E-state index in [0.717, 1.165) is 40.6 Å². The zero-order chi connectivity index (χ0) is 18.4. The summed E-state index contributed by atoms with van der Waals surface area (Å²) in [4.78, 5) is 16.2. The number of rotatable bonds is 4. The smallest absolute Gasteiger partial charge is 0.179 e. The quantitative estimate of drug-likeness (QED) is 0.603. The number of Topliss-reactive ketones (excluding diaryl/α,β-unsaturated/α-hetero) is 1. The molecule has 1 aliphatic rings. The number of aryl methyl sites for hydroxylation is 3. The number of aromatic amines is 1. The molecule has 0 saturated heterocycles. The van der Waals surface area contributed by atoms with Gasteiger partial charge < -0.3 is 4.98 Å². The predicted octanol–water partition coefficient (Wildman–Crippen LogP) is 5.72. The molecule has 1 heterocycles. The normalized spacial score (nSPS) is 16.0. The summed E-state index contributed by atoms with van der Waals surface area (Å²) in [6, 6.07) is 10.7. The standard InChI is InChI=1S/C24H25NO/c1-5-17-8-16(4)24-20(9-17)13-22(25-24)23(26)12-18-10-19-7-14(2)6-15(3)21(19)11-18/h5-9,13,18,25H,1,10-12H2,2-4H3. The second-order valence-corrected chi connectivity index (χ2v) is 7.81. The van der Waals surface area contributed by atoms with Crippen molar-refractivity contribution >= 4 is 22.8 Å². The van der Waals surface area contributed by atoms with Crippen LogP contribution in [0.25, 0.3) is 17.0 Å². The van der Waals surface area contributed by atoms with E-state index in [1.54, 1.807) is 0 Å². The molecule has 0 bridgehead atoms. The van der Waals surface area contributed by atoms with Gasteiger partial charge in [0.2, 0.25) is 0 Å². The molecule has 1 atom stereocenters. The molecule has 1 unspecified atom stereocenters. The van der Waals surface area contributed by atoms with Gasteiger partial charge in [-0.05, 0) is 85.5 Å². The first-order valence-corrected chi connectivity index (χ1v) is 9.32. The Bertz CT molecular complexity index is 1040. The van der Waals surface area contributed by atoms with E-state index in [1.165, 1.54) is 22.3 Å². The minimum absolute atomic E-state index is 0.216. The fourth-order valence-corrected chi connectivity index (χ4v) is 4.47. The van der Waals surface area contributed by atoms with Gasteiger partial charge in [0.25, 0.3) is 0 Å². The molecule has 26 heavy (non-hydrogen) atoms. The van der Waals surface area contributed by atoms with Crippen molar-refractivity contribution in [1.29, 1.82) is 0 Å². The number of H-pyrrole nitrogens is 1. The number of ketones is 1. The average molecular weight is 343 g/mol. The summed E-state index contributed by atoms with van der Waals surface area (Å²) < 4.78 is 0. The molecule has 0 fully saturated rings. The Kier molecular flexibility index (Phi) is 4.07. The fraction of sp³-hybridized carbons (Fsp3) is 0.292. The zero-order valence-corrected chi connectivity index (χ0v) is 15.8. The lowest BCUT2D eigenvalue weighted by molar-refractivity contribution is 0.0959. The van der Waals surface area contributed by atoms with E-state index in [9.17, 15) is 4.79 Å². The van der Waals surface area contributed by atoms with Crippen LogP contribution in [-0.4, -0.2) is 10.8 Å². The summed E-state index contributed by atoms with van der Waals surface area (Å²) in [6.45, 7) is 10.3. The monoisotopic (exact) mass is 343 g/mol. The third-order valence-electron chi connectivity index (χ3n) is 5.67. The minimum atomic E-state index is 0.216. The van der Waals surface area contributed by atoms with E-state index in [1.807, 2.05) is 12.1 Å². The van der Waals surface area contributed by atoms with Crippen LogP contribution in [0.15, 0.2) is 36.9 Å². The zero-order valence-electron chi connectivity index (χ0n) is 15.8. The largest absolute Gasteiger partial charge is 0.352 e. The van der Waals surface area contributed by atoms with Crippen LogP contribution >= 0.6 is 0 Å². The highest BCUT2D eigenvalue weighted by atomic mass is 16.1. The summed E-state index contributed by atoms with van der Waals surface area (Å²) in [5.74, 6) is 0.627. The first-order chi connectivity index (χ1) is 12.4. The van der Waals surface area contributed by atoms with E-state index in [2.05, 4.69) is 56.6 Å². The van der Waals surface area contributed by atoms with Gasteiger partial charge in [-0.3, -0.25) is 4.79 Å². The van der Waals surface area contributed by atoms with Crippen LogP contribution in [0.1, 0.15) is 50.3 Å². The van der Waals surface area contributed by atoms with Gasteiger partial charge in [0, 0.05) is 17.3 Å². The number of aromatic nitrogens is 1. The van der Waals surface area contributed by atoms with Crippen molar-refractivity contribution in [2.45, 2.75) is 40.0 Å². The molecule has 132 valence electrons. The van der Waals surface area contributed by atoms with Crippen molar-refractivity contribution < 1.29 is 4.79 Å². The van der Waals surface area contributed by atoms with Crippen LogP contribution in [0, 0.1) is 26.7 Å². The lowest BCUT2D eigenvalue weighted by Crippen LogP contribution is -2.09. The van der Waals surface area contributed by atoms with Gasteiger partial charge in [0.05, 0.1) is 5.69 Å². The number of carbonyl (C=O) groups is 1. The van der Waals surface area contributed by atoms with Crippen molar-refractivity contribution in [2.75, 3.05) is 0 Å². The second kappa shape index (κ2) is 6.28. The Morgan fingerprint density at radius 3 is 2.69 bits per heavy atom. The van der Waals surface area contributed by atoms with E-state index in [-0.39, 0.29) is 5.78 Å². The second-order valence-electron chi connectivity index (χ2n) is 7.81. The molecule has 0 radical (unpaired) electrons. The summed E-state index contributed by atoms with van der Waals surface area (Å²) >= 11 is 0. The maximum atomic E-state index is 12.9. The minimum Gasteiger partial charge on any atom is -0.352 e. The molecular formula is C24H25NO. The first kappa shape index (κ1) is 16.8. The topological polar surface area (TPSA) is 32.9 Å². The highest BCUT2D eigenvalue weighted by Crippen LogP contribution is 2.33. The SMILES string of the molecule is C=Cc1cc(C)c2[nH]c(C(=O)CC3Cc4cc(C)cc(C)c4C3)cc2c1. The summed E-state index contributed by atoms with van der Waals surface area (Å²) in [5, 5.41) is 1.09. The van der Waals surface area contributed by atoms with Gasteiger partial charge in [-0.1, -0.05) is 30.4 Å². The number of fused-ring (bicyclic) bond motifs is 2. The Labute approximate surface area is 154 Å². The highest BCUT2D eigenvalue weighted by Gasteiger charge is 2.26. The molecule has 1 N–H and O–H groups in total. The van der Waals surface area contributed by atoms with E-state index in [4.69, 9.17) is 0 Å². The molecule has 3 aromatic rings. The van der Waals surface area contributed by atoms with Crippen LogP contribution in [0.5, 0.6) is 0 Å². The van der Waals surface area contributed by atoms with Crippen LogP contribution < -0.4 is 0 Å². The van der Waals surface area contributed by atoms with E-state index >= 15 is 0 Å². The number of hydrogen-bond acceptors (Lipinski definition) is 1. The van der Waals surface area contributed by atoms with Crippen molar-refractivity contribution in [3.63, 3.8) is 0 Å². The molecule has 2 aromatic carbocycles. The van der Waals surface area contributed by atoms with Crippen molar-refractivity contribution in [1.82, 2.24) is 4.98 Å². The molecule has 0 spiro atoms. The van der Waals surface area contributed by atoms with Crippen LogP contribution in [0.4, 0.5) is 0 Å². The van der Waals surface area contributed by atoms with Crippen LogP contribution in [0.2, 0.25) is 0 Å².